The molecule has 2 aromatic heterocycles. The number of imidazole rings is 1. The Hall–Kier alpha value is -2.71. The molecule has 9 heteroatoms. The summed E-state index contributed by atoms with van der Waals surface area (Å²) in [7, 11) is 0. The van der Waals surface area contributed by atoms with Crippen molar-refractivity contribution in [2.24, 2.45) is 0 Å². The Morgan fingerprint density at radius 1 is 1.13 bits per heavy atom. The minimum atomic E-state index is -0.329. The van der Waals surface area contributed by atoms with Crippen molar-refractivity contribution < 1.29 is 9.53 Å². The average Bonchev–Trinajstić information content (AvgIpc) is 3.28. The fraction of sp³-hybridized carbons (Fsp3) is 0.286. The molecule has 1 fully saturated rings. The van der Waals surface area contributed by atoms with Crippen LogP contribution in [-0.2, 0) is 0 Å². The summed E-state index contributed by atoms with van der Waals surface area (Å²) in [6.45, 7) is 4.67. The monoisotopic (exact) mass is 443 g/mol. The third kappa shape index (κ3) is 5.06. The van der Waals surface area contributed by atoms with Gasteiger partial charge in [0, 0.05) is 50.0 Å². The number of H-pyrrole nitrogens is 1. The zero-order valence-electron chi connectivity index (χ0n) is 16.5. The molecule has 30 heavy (non-hydrogen) atoms. The summed E-state index contributed by atoms with van der Waals surface area (Å²) in [5.74, 6) is 1.41. The van der Waals surface area contributed by atoms with Crippen LogP contribution in [0.15, 0.2) is 60.1 Å². The van der Waals surface area contributed by atoms with E-state index in [1.165, 1.54) is 0 Å². The second-order valence-electron chi connectivity index (χ2n) is 6.90. The number of benzene rings is 1. The molecule has 0 bridgehead atoms. The van der Waals surface area contributed by atoms with Gasteiger partial charge in [-0.2, -0.15) is 0 Å². The van der Waals surface area contributed by atoms with E-state index in [-0.39, 0.29) is 11.3 Å². The van der Waals surface area contributed by atoms with Crippen LogP contribution in [0, 0.1) is 0 Å². The first-order chi connectivity index (χ1) is 14.6. The van der Waals surface area contributed by atoms with E-state index in [1.807, 2.05) is 42.6 Å². The molecule has 0 saturated carbocycles. The molecule has 1 atom stereocenters. The minimum Gasteiger partial charge on any atom is -0.410 e. The lowest BCUT2D eigenvalue weighted by Crippen LogP contribution is -2.49. The molecule has 1 aromatic carbocycles. The Morgan fingerprint density at radius 2 is 1.90 bits per heavy atom. The van der Waals surface area contributed by atoms with Crippen LogP contribution in [0.25, 0.3) is 0 Å². The zero-order chi connectivity index (χ0) is 20.9. The van der Waals surface area contributed by atoms with Crippen LogP contribution in [-0.4, -0.2) is 52.1 Å². The number of ether oxygens (including phenoxy) is 1. The quantitative estimate of drug-likeness (QED) is 0.579. The van der Waals surface area contributed by atoms with Gasteiger partial charge in [0.1, 0.15) is 11.6 Å². The number of hydrogen-bond acceptors (Lipinski definition) is 6. The number of nitrogens with one attached hydrogen (secondary N) is 1. The van der Waals surface area contributed by atoms with Crippen molar-refractivity contribution in [1.29, 1.82) is 0 Å². The predicted octanol–water partition coefficient (Wildman–Crippen LogP) is 4.63. The highest BCUT2D eigenvalue weighted by molar-refractivity contribution is 7.99. The molecule has 4 rings (SSSR count). The summed E-state index contributed by atoms with van der Waals surface area (Å²) in [5, 5.41) is 1.72. The van der Waals surface area contributed by atoms with Gasteiger partial charge in [0.15, 0.2) is 5.16 Å². The summed E-state index contributed by atoms with van der Waals surface area (Å²) in [6.07, 6.45) is 4.85. The number of amides is 1. The molecule has 1 saturated heterocycles. The summed E-state index contributed by atoms with van der Waals surface area (Å²) in [5.41, 5.74) is 1.14. The normalized spacial score (nSPS) is 15.1. The molecule has 1 amide bonds. The summed E-state index contributed by atoms with van der Waals surface area (Å²) in [6, 6.07) is 11.3. The van der Waals surface area contributed by atoms with Crippen LogP contribution < -0.4 is 9.64 Å². The number of aromatic amines is 1. The molecule has 3 heterocycles. The van der Waals surface area contributed by atoms with Gasteiger partial charge in [0.05, 0.1) is 5.02 Å². The molecule has 0 aliphatic carbocycles. The lowest BCUT2D eigenvalue weighted by molar-refractivity contribution is 0.149. The van der Waals surface area contributed by atoms with Gasteiger partial charge in [-0.1, -0.05) is 35.5 Å². The summed E-state index contributed by atoms with van der Waals surface area (Å²) < 4.78 is 5.56. The Balaban J connectivity index is 1.28. The Labute approximate surface area is 184 Å². The first kappa shape index (κ1) is 20.6. The number of pyridine rings is 1. The van der Waals surface area contributed by atoms with Crippen LogP contribution in [0.1, 0.15) is 17.7 Å². The fourth-order valence-electron chi connectivity index (χ4n) is 3.20. The van der Waals surface area contributed by atoms with Crippen LogP contribution in [0.5, 0.6) is 5.75 Å². The Morgan fingerprint density at radius 3 is 2.53 bits per heavy atom. The molecule has 1 aliphatic heterocycles. The molecular formula is C21H22ClN5O2S. The number of rotatable bonds is 5. The predicted molar refractivity (Wildman–Crippen MR) is 118 cm³/mol. The molecule has 0 radical (unpaired) electrons. The molecule has 1 unspecified atom stereocenters. The fourth-order valence-corrected chi connectivity index (χ4v) is 4.19. The van der Waals surface area contributed by atoms with Crippen LogP contribution in [0.4, 0.5) is 10.6 Å². The highest BCUT2D eigenvalue weighted by Crippen LogP contribution is 2.33. The van der Waals surface area contributed by atoms with Gasteiger partial charge in [0.2, 0.25) is 0 Å². The van der Waals surface area contributed by atoms with E-state index >= 15 is 0 Å². The largest absolute Gasteiger partial charge is 0.415 e. The second-order valence-corrected chi connectivity index (χ2v) is 8.67. The number of piperazine rings is 1. The topological polar surface area (TPSA) is 74.3 Å². The molecule has 1 N–H and O–H groups in total. The third-order valence-electron chi connectivity index (χ3n) is 4.89. The standard InChI is InChI=1S/C21H22ClN5O2S/c1-15(30-20-23-8-9-24-20)16-2-5-18(6-3-16)29-21(28)27-12-10-26(11-13-27)19-7-4-17(22)14-25-19/h2-9,14-15H,10-13H2,1H3,(H,23,24). The minimum absolute atomic E-state index is 0.232. The van der Waals surface area contributed by atoms with Crippen molar-refractivity contribution >= 4 is 35.3 Å². The Kier molecular flexibility index (Phi) is 6.44. The number of hydrogen-bond donors (Lipinski definition) is 1. The summed E-state index contributed by atoms with van der Waals surface area (Å²) >= 11 is 7.54. The zero-order valence-corrected chi connectivity index (χ0v) is 18.1. The molecule has 0 spiro atoms. The van der Waals surface area contributed by atoms with Crippen LogP contribution in [0.2, 0.25) is 5.02 Å². The van der Waals surface area contributed by atoms with E-state index in [9.17, 15) is 4.79 Å². The van der Waals surface area contributed by atoms with Gasteiger partial charge < -0.3 is 19.5 Å². The summed E-state index contributed by atoms with van der Waals surface area (Å²) in [4.78, 5) is 28.0. The van der Waals surface area contributed by atoms with Crippen molar-refractivity contribution in [3.05, 3.63) is 65.6 Å². The van der Waals surface area contributed by atoms with E-state index in [0.717, 1.165) is 16.5 Å². The molecule has 3 aromatic rings. The smallest absolute Gasteiger partial charge is 0.410 e. The highest BCUT2D eigenvalue weighted by Gasteiger charge is 2.23. The maximum Gasteiger partial charge on any atom is 0.415 e. The average molecular weight is 444 g/mol. The van der Waals surface area contributed by atoms with E-state index in [0.29, 0.717) is 37.0 Å². The van der Waals surface area contributed by atoms with Gasteiger partial charge >= 0.3 is 6.09 Å². The lowest BCUT2D eigenvalue weighted by Gasteiger charge is -2.34. The van der Waals surface area contributed by atoms with Crippen molar-refractivity contribution in [1.82, 2.24) is 19.9 Å². The van der Waals surface area contributed by atoms with Gasteiger partial charge in [-0.3, -0.25) is 0 Å². The maximum atomic E-state index is 12.5. The van der Waals surface area contributed by atoms with Crippen molar-refractivity contribution in [3.63, 3.8) is 0 Å². The number of halogens is 1. The number of thioether (sulfide) groups is 1. The number of nitrogens with zero attached hydrogens (tertiary/aromatic N) is 4. The van der Waals surface area contributed by atoms with Crippen molar-refractivity contribution in [3.8, 4) is 5.75 Å². The third-order valence-corrected chi connectivity index (χ3v) is 6.19. The van der Waals surface area contributed by atoms with Crippen LogP contribution in [0.3, 0.4) is 0 Å². The first-order valence-electron chi connectivity index (χ1n) is 9.68. The number of anilines is 1. The lowest BCUT2D eigenvalue weighted by atomic mass is 10.1. The maximum absolute atomic E-state index is 12.5. The number of aromatic nitrogens is 3. The van der Waals surface area contributed by atoms with Gasteiger partial charge in [-0.05, 0) is 36.8 Å². The first-order valence-corrected chi connectivity index (χ1v) is 10.9. The van der Waals surface area contributed by atoms with Crippen molar-refractivity contribution in [2.45, 2.75) is 17.3 Å². The van der Waals surface area contributed by atoms with E-state index < -0.39 is 0 Å². The van der Waals surface area contributed by atoms with Gasteiger partial charge in [-0.15, -0.1) is 0 Å². The van der Waals surface area contributed by atoms with Crippen LogP contribution >= 0.6 is 23.4 Å². The van der Waals surface area contributed by atoms with E-state index in [2.05, 4.69) is 26.8 Å². The molecule has 7 nitrogen and oxygen atoms in total. The van der Waals surface area contributed by atoms with Crippen molar-refractivity contribution in [2.75, 3.05) is 31.1 Å². The SMILES string of the molecule is CC(Sc1ncc[nH]1)c1ccc(OC(=O)N2CCN(c3ccc(Cl)cn3)CC2)cc1. The number of carbonyl (C=O) groups is 1. The van der Waals surface area contributed by atoms with E-state index in [1.54, 1.807) is 29.1 Å². The Bertz CT molecular complexity index is 958. The number of carbonyl (C=O) groups excluding carboxylic acids is 1. The second kappa shape index (κ2) is 9.40. The highest BCUT2D eigenvalue weighted by atomic mass is 35.5. The molecular weight excluding hydrogens is 422 g/mol. The molecule has 1 aliphatic rings. The van der Waals surface area contributed by atoms with Gasteiger partial charge in [-0.25, -0.2) is 14.8 Å². The van der Waals surface area contributed by atoms with Gasteiger partial charge in [0.25, 0.3) is 0 Å². The molecule has 156 valence electrons. The van der Waals surface area contributed by atoms with E-state index in [4.69, 9.17) is 16.3 Å².